The maximum atomic E-state index is 2.41. The van der Waals surface area contributed by atoms with E-state index in [1.807, 2.05) is 0 Å². The van der Waals surface area contributed by atoms with E-state index in [-0.39, 0.29) is 0 Å². The van der Waals surface area contributed by atoms with Crippen molar-refractivity contribution in [2.45, 2.75) is 90.4 Å². The first-order valence-electron chi connectivity index (χ1n) is 9.42. The Morgan fingerprint density at radius 1 is 0.810 bits per heavy atom. The van der Waals surface area contributed by atoms with Gasteiger partial charge in [0.1, 0.15) is 0 Å². The summed E-state index contributed by atoms with van der Waals surface area (Å²) in [6.45, 7) is 4.59. The second kappa shape index (κ2) is 9.28. The van der Waals surface area contributed by atoms with E-state index in [1.165, 1.54) is 76.2 Å². The molecule has 0 N–H and O–H groups in total. The SMILES string of the molecule is CCCCCc1ccc(C2CCC(CCCC)CC2)cc1. The van der Waals surface area contributed by atoms with Crippen molar-refractivity contribution < 1.29 is 0 Å². The summed E-state index contributed by atoms with van der Waals surface area (Å²) in [7, 11) is 0. The van der Waals surface area contributed by atoms with Crippen LogP contribution in [0.5, 0.6) is 0 Å². The van der Waals surface area contributed by atoms with Gasteiger partial charge in [0.25, 0.3) is 0 Å². The van der Waals surface area contributed by atoms with Crippen LogP contribution in [0.4, 0.5) is 0 Å². The van der Waals surface area contributed by atoms with E-state index in [9.17, 15) is 0 Å². The first-order chi connectivity index (χ1) is 10.3. The molecule has 0 heterocycles. The van der Waals surface area contributed by atoms with Crippen molar-refractivity contribution in [3.63, 3.8) is 0 Å². The van der Waals surface area contributed by atoms with Crippen LogP contribution >= 0.6 is 0 Å². The molecule has 0 unspecified atom stereocenters. The summed E-state index contributed by atoms with van der Waals surface area (Å²) in [5.74, 6) is 1.86. The maximum absolute atomic E-state index is 2.41. The summed E-state index contributed by atoms with van der Waals surface area (Å²) in [5, 5.41) is 0. The van der Waals surface area contributed by atoms with Crippen LogP contribution in [0.2, 0.25) is 0 Å². The van der Waals surface area contributed by atoms with Crippen LogP contribution in [0.25, 0.3) is 0 Å². The molecule has 1 aliphatic rings. The van der Waals surface area contributed by atoms with E-state index >= 15 is 0 Å². The van der Waals surface area contributed by atoms with Gasteiger partial charge in [0, 0.05) is 0 Å². The smallest absolute Gasteiger partial charge is 0.0162 e. The van der Waals surface area contributed by atoms with Crippen LogP contribution in [0.15, 0.2) is 24.3 Å². The molecule has 0 saturated heterocycles. The van der Waals surface area contributed by atoms with Gasteiger partial charge in [0.15, 0.2) is 0 Å². The fourth-order valence-electron chi connectivity index (χ4n) is 3.81. The number of hydrogen-bond acceptors (Lipinski definition) is 0. The Balaban J connectivity index is 1.78. The van der Waals surface area contributed by atoms with Gasteiger partial charge in [-0.15, -0.1) is 0 Å². The zero-order valence-corrected chi connectivity index (χ0v) is 14.2. The first-order valence-corrected chi connectivity index (χ1v) is 9.42. The van der Waals surface area contributed by atoms with Crippen molar-refractivity contribution in [1.82, 2.24) is 0 Å². The molecule has 21 heavy (non-hydrogen) atoms. The summed E-state index contributed by atoms with van der Waals surface area (Å²) in [5.41, 5.74) is 3.13. The third-order valence-electron chi connectivity index (χ3n) is 5.33. The van der Waals surface area contributed by atoms with E-state index in [1.54, 1.807) is 5.56 Å². The minimum atomic E-state index is 0.840. The summed E-state index contributed by atoms with van der Waals surface area (Å²) < 4.78 is 0. The standard InChI is InChI=1S/C21H34/c1-3-5-7-9-19-12-16-21(17-13-19)20-14-10-18(11-15-20)8-6-4-2/h12-13,16-18,20H,3-11,14-15H2,1-2H3. The molecule has 0 heteroatoms. The molecule has 0 atom stereocenters. The van der Waals surface area contributed by atoms with E-state index < -0.39 is 0 Å². The number of hydrogen-bond donors (Lipinski definition) is 0. The molecule has 0 spiro atoms. The lowest BCUT2D eigenvalue weighted by Gasteiger charge is -2.29. The van der Waals surface area contributed by atoms with Crippen LogP contribution in [-0.4, -0.2) is 0 Å². The highest BCUT2D eigenvalue weighted by Crippen LogP contribution is 2.37. The van der Waals surface area contributed by atoms with Crippen molar-refractivity contribution in [3.8, 4) is 0 Å². The van der Waals surface area contributed by atoms with E-state index in [2.05, 4.69) is 38.1 Å². The van der Waals surface area contributed by atoms with Crippen molar-refractivity contribution >= 4 is 0 Å². The molecule has 0 radical (unpaired) electrons. The zero-order valence-electron chi connectivity index (χ0n) is 14.2. The Morgan fingerprint density at radius 2 is 1.48 bits per heavy atom. The Morgan fingerprint density at radius 3 is 2.10 bits per heavy atom. The van der Waals surface area contributed by atoms with Crippen LogP contribution in [0.3, 0.4) is 0 Å². The summed E-state index contributed by atoms with van der Waals surface area (Å²) in [6, 6.07) is 9.60. The lowest BCUT2D eigenvalue weighted by atomic mass is 9.77. The molecule has 1 fully saturated rings. The Bertz CT molecular complexity index is 368. The van der Waals surface area contributed by atoms with Gasteiger partial charge in [0.2, 0.25) is 0 Å². The number of unbranched alkanes of at least 4 members (excludes halogenated alkanes) is 3. The van der Waals surface area contributed by atoms with Crippen LogP contribution in [-0.2, 0) is 6.42 Å². The second-order valence-electron chi connectivity index (χ2n) is 7.06. The van der Waals surface area contributed by atoms with Crippen LogP contribution < -0.4 is 0 Å². The van der Waals surface area contributed by atoms with E-state index in [0.29, 0.717) is 0 Å². The Kier molecular flexibility index (Phi) is 7.33. The van der Waals surface area contributed by atoms with E-state index in [4.69, 9.17) is 0 Å². The van der Waals surface area contributed by atoms with Gasteiger partial charge < -0.3 is 0 Å². The second-order valence-corrected chi connectivity index (χ2v) is 7.06. The molecular weight excluding hydrogens is 252 g/mol. The molecule has 1 aliphatic carbocycles. The van der Waals surface area contributed by atoms with Crippen molar-refractivity contribution in [2.24, 2.45) is 5.92 Å². The average molecular weight is 287 g/mol. The molecule has 0 nitrogen and oxygen atoms in total. The lowest BCUT2D eigenvalue weighted by Crippen LogP contribution is -2.13. The summed E-state index contributed by atoms with van der Waals surface area (Å²) in [6.07, 6.45) is 15.3. The van der Waals surface area contributed by atoms with Crippen molar-refractivity contribution in [2.75, 3.05) is 0 Å². The molecule has 1 aromatic rings. The highest BCUT2D eigenvalue weighted by molar-refractivity contribution is 5.25. The molecule has 1 aromatic carbocycles. The van der Waals surface area contributed by atoms with Crippen LogP contribution in [0, 0.1) is 5.92 Å². The van der Waals surface area contributed by atoms with Crippen molar-refractivity contribution in [3.05, 3.63) is 35.4 Å². The topological polar surface area (TPSA) is 0 Å². The monoisotopic (exact) mass is 286 g/mol. The molecule has 1 saturated carbocycles. The minimum absolute atomic E-state index is 0.840. The molecular formula is C21H34. The molecule has 0 aliphatic heterocycles. The zero-order chi connectivity index (χ0) is 14.9. The fourth-order valence-corrected chi connectivity index (χ4v) is 3.81. The minimum Gasteiger partial charge on any atom is -0.0654 e. The number of benzene rings is 1. The summed E-state index contributed by atoms with van der Waals surface area (Å²) >= 11 is 0. The molecule has 2 rings (SSSR count). The normalized spacial score (nSPS) is 22.4. The van der Waals surface area contributed by atoms with Crippen molar-refractivity contribution in [1.29, 1.82) is 0 Å². The highest BCUT2D eigenvalue weighted by atomic mass is 14.3. The molecule has 0 amide bonds. The number of rotatable bonds is 8. The Labute approximate surface area is 132 Å². The molecule has 0 aromatic heterocycles. The van der Waals surface area contributed by atoms with Crippen LogP contribution in [0.1, 0.15) is 95.1 Å². The lowest BCUT2D eigenvalue weighted by molar-refractivity contribution is 0.304. The average Bonchev–Trinajstić information content (AvgIpc) is 2.54. The van der Waals surface area contributed by atoms with Gasteiger partial charge in [-0.1, -0.05) is 70.2 Å². The maximum Gasteiger partial charge on any atom is -0.0162 e. The van der Waals surface area contributed by atoms with Gasteiger partial charge in [-0.05, 0) is 61.5 Å². The van der Waals surface area contributed by atoms with Gasteiger partial charge >= 0.3 is 0 Å². The largest absolute Gasteiger partial charge is 0.0654 e. The van der Waals surface area contributed by atoms with Gasteiger partial charge in [-0.25, -0.2) is 0 Å². The quantitative estimate of drug-likeness (QED) is 0.457. The number of aryl methyl sites for hydroxylation is 1. The summed E-state index contributed by atoms with van der Waals surface area (Å²) in [4.78, 5) is 0. The third kappa shape index (κ3) is 5.49. The first kappa shape index (κ1) is 16.6. The fraction of sp³-hybridized carbons (Fsp3) is 0.714. The highest BCUT2D eigenvalue weighted by Gasteiger charge is 2.21. The van der Waals surface area contributed by atoms with Gasteiger partial charge in [0.05, 0.1) is 0 Å². The third-order valence-corrected chi connectivity index (χ3v) is 5.33. The molecule has 0 bridgehead atoms. The predicted molar refractivity (Wildman–Crippen MR) is 93.9 cm³/mol. The van der Waals surface area contributed by atoms with Gasteiger partial charge in [-0.2, -0.15) is 0 Å². The Hall–Kier alpha value is -0.780. The van der Waals surface area contributed by atoms with Gasteiger partial charge in [-0.3, -0.25) is 0 Å². The molecule has 118 valence electrons. The predicted octanol–water partition coefficient (Wildman–Crippen LogP) is 6.88. The van der Waals surface area contributed by atoms with E-state index in [0.717, 1.165) is 11.8 Å².